The van der Waals surface area contributed by atoms with Gasteiger partial charge in [-0.05, 0) is 18.2 Å². The van der Waals surface area contributed by atoms with Gasteiger partial charge in [-0.2, -0.15) is 0 Å². The molecule has 0 spiro atoms. The normalized spacial score (nSPS) is 10.2. The Morgan fingerprint density at radius 3 is 2.79 bits per heavy atom. The maximum absolute atomic E-state index is 5.76. The van der Waals surface area contributed by atoms with Crippen molar-refractivity contribution in [3.8, 4) is 5.75 Å². The number of ether oxygens (including phenoxy) is 1. The number of furan rings is 1. The molecule has 5 heteroatoms. The fourth-order valence-electron chi connectivity index (χ4n) is 1.90. The second-order valence-electron chi connectivity index (χ2n) is 4.23. The number of benzene rings is 1. The number of methoxy groups -OCH3 is 1. The van der Waals surface area contributed by atoms with Gasteiger partial charge in [-0.15, -0.1) is 0 Å². The predicted octanol–water partition coefficient (Wildman–Crippen LogP) is 2.56. The van der Waals surface area contributed by atoms with E-state index in [1.165, 1.54) is 0 Å². The van der Waals surface area contributed by atoms with Crippen molar-refractivity contribution in [1.82, 2.24) is 0 Å². The van der Waals surface area contributed by atoms with E-state index in [-0.39, 0.29) is 0 Å². The number of anilines is 1. The molecule has 0 radical (unpaired) electrons. The van der Waals surface area contributed by atoms with Crippen molar-refractivity contribution in [3.63, 3.8) is 0 Å². The van der Waals surface area contributed by atoms with Gasteiger partial charge in [0.1, 0.15) is 10.7 Å². The highest BCUT2D eigenvalue weighted by Crippen LogP contribution is 2.26. The summed E-state index contributed by atoms with van der Waals surface area (Å²) >= 11 is 5.09. The summed E-state index contributed by atoms with van der Waals surface area (Å²) in [7, 11) is 3.61. The van der Waals surface area contributed by atoms with E-state index < -0.39 is 0 Å². The highest BCUT2D eigenvalue weighted by molar-refractivity contribution is 7.80. The third kappa shape index (κ3) is 3.06. The summed E-state index contributed by atoms with van der Waals surface area (Å²) in [5.74, 6) is 0.772. The number of hydrogen-bond acceptors (Lipinski definition) is 4. The Kier molecular flexibility index (Phi) is 4.06. The first-order valence-corrected chi connectivity index (χ1v) is 6.22. The van der Waals surface area contributed by atoms with Crippen LogP contribution in [0.1, 0.15) is 11.1 Å². The Balaban J connectivity index is 2.32. The van der Waals surface area contributed by atoms with Gasteiger partial charge >= 0.3 is 0 Å². The first kappa shape index (κ1) is 13.4. The Bertz CT molecular complexity index is 567. The van der Waals surface area contributed by atoms with Crippen molar-refractivity contribution >= 4 is 22.9 Å². The summed E-state index contributed by atoms with van der Waals surface area (Å²) in [4.78, 5) is 2.43. The van der Waals surface area contributed by atoms with E-state index in [4.69, 9.17) is 27.1 Å². The Labute approximate surface area is 117 Å². The highest BCUT2D eigenvalue weighted by atomic mass is 32.1. The van der Waals surface area contributed by atoms with Crippen molar-refractivity contribution in [1.29, 1.82) is 0 Å². The third-order valence-corrected chi connectivity index (χ3v) is 3.10. The summed E-state index contributed by atoms with van der Waals surface area (Å²) in [6.07, 6.45) is 3.38. The Morgan fingerprint density at radius 1 is 1.42 bits per heavy atom. The molecule has 4 nitrogen and oxygen atoms in total. The van der Waals surface area contributed by atoms with Crippen LogP contribution in [0.2, 0.25) is 0 Å². The average molecular weight is 276 g/mol. The van der Waals surface area contributed by atoms with Gasteiger partial charge in [0.25, 0.3) is 0 Å². The maximum atomic E-state index is 5.76. The van der Waals surface area contributed by atoms with Crippen LogP contribution in [0.15, 0.2) is 41.2 Å². The lowest BCUT2D eigenvalue weighted by atomic mass is 10.1. The van der Waals surface area contributed by atoms with E-state index in [1.807, 2.05) is 31.3 Å². The van der Waals surface area contributed by atoms with Gasteiger partial charge in [-0.1, -0.05) is 12.2 Å². The molecule has 0 aliphatic heterocycles. The van der Waals surface area contributed by atoms with Gasteiger partial charge in [-0.25, -0.2) is 0 Å². The minimum absolute atomic E-state index is 0.372. The summed E-state index contributed by atoms with van der Waals surface area (Å²) in [5.41, 5.74) is 8.62. The number of hydrogen-bond donors (Lipinski definition) is 1. The maximum Gasteiger partial charge on any atom is 0.120 e. The molecule has 2 rings (SSSR count). The van der Waals surface area contributed by atoms with E-state index in [0.29, 0.717) is 11.5 Å². The lowest BCUT2D eigenvalue weighted by molar-refractivity contribution is 0.415. The molecule has 0 saturated carbocycles. The highest BCUT2D eigenvalue weighted by Gasteiger charge is 2.12. The molecule has 0 unspecified atom stereocenters. The standard InChI is InChI=1S/C14H16N2O2S/c1-16(8-10-5-6-18-9-10)13-7-11(17-2)3-4-12(13)14(15)19/h3-7,9H,8H2,1-2H3,(H2,15,19). The molecule has 0 amide bonds. The van der Waals surface area contributed by atoms with E-state index in [1.54, 1.807) is 19.6 Å². The molecule has 0 saturated heterocycles. The molecular formula is C14H16N2O2S. The van der Waals surface area contributed by atoms with Crippen LogP contribution in [0.3, 0.4) is 0 Å². The van der Waals surface area contributed by atoms with Crippen LogP contribution in [0, 0.1) is 0 Å². The van der Waals surface area contributed by atoms with Crippen molar-refractivity contribution < 1.29 is 9.15 Å². The molecule has 0 aliphatic rings. The molecule has 19 heavy (non-hydrogen) atoms. The topological polar surface area (TPSA) is 51.6 Å². The predicted molar refractivity (Wildman–Crippen MR) is 79.7 cm³/mol. The minimum Gasteiger partial charge on any atom is -0.497 e. The molecule has 100 valence electrons. The van der Waals surface area contributed by atoms with Gasteiger partial charge < -0.3 is 19.8 Å². The van der Waals surface area contributed by atoms with Crippen LogP contribution in [0.4, 0.5) is 5.69 Å². The quantitative estimate of drug-likeness (QED) is 0.851. The zero-order valence-electron chi connectivity index (χ0n) is 10.9. The Hall–Kier alpha value is -2.01. The molecule has 1 aromatic carbocycles. The lowest BCUT2D eigenvalue weighted by Gasteiger charge is -2.22. The van der Waals surface area contributed by atoms with Crippen LogP contribution in [-0.2, 0) is 6.54 Å². The largest absolute Gasteiger partial charge is 0.497 e. The molecular weight excluding hydrogens is 260 g/mol. The van der Waals surface area contributed by atoms with E-state index in [2.05, 4.69) is 4.90 Å². The summed E-state index contributed by atoms with van der Waals surface area (Å²) in [6.45, 7) is 0.708. The zero-order valence-corrected chi connectivity index (χ0v) is 11.7. The number of rotatable bonds is 5. The third-order valence-electron chi connectivity index (χ3n) is 2.88. The SMILES string of the molecule is COc1ccc(C(N)=S)c(N(C)Cc2ccoc2)c1. The Morgan fingerprint density at radius 2 is 2.21 bits per heavy atom. The fraction of sp³-hybridized carbons (Fsp3) is 0.214. The summed E-state index contributed by atoms with van der Waals surface area (Å²) in [6, 6.07) is 7.58. The average Bonchev–Trinajstić information content (AvgIpc) is 2.90. The van der Waals surface area contributed by atoms with Crippen molar-refractivity contribution in [2.45, 2.75) is 6.54 Å². The molecule has 1 aromatic heterocycles. The van der Waals surface area contributed by atoms with Crippen LogP contribution in [0.5, 0.6) is 5.75 Å². The minimum atomic E-state index is 0.372. The molecule has 0 aliphatic carbocycles. The molecule has 0 atom stereocenters. The molecule has 1 heterocycles. The second-order valence-corrected chi connectivity index (χ2v) is 4.67. The zero-order chi connectivity index (χ0) is 13.8. The number of thiocarbonyl (C=S) groups is 1. The van der Waals surface area contributed by atoms with Gasteiger partial charge in [0.15, 0.2) is 0 Å². The van der Waals surface area contributed by atoms with Crippen LogP contribution < -0.4 is 15.4 Å². The van der Waals surface area contributed by atoms with E-state index in [9.17, 15) is 0 Å². The van der Waals surface area contributed by atoms with E-state index >= 15 is 0 Å². The van der Waals surface area contributed by atoms with E-state index in [0.717, 1.165) is 22.6 Å². The van der Waals surface area contributed by atoms with Gasteiger partial charge in [0.2, 0.25) is 0 Å². The molecule has 0 fully saturated rings. The summed E-state index contributed by atoms with van der Waals surface area (Å²) < 4.78 is 10.3. The smallest absolute Gasteiger partial charge is 0.120 e. The fourth-order valence-corrected chi connectivity index (χ4v) is 2.08. The number of nitrogens with zero attached hydrogens (tertiary/aromatic N) is 1. The first-order valence-electron chi connectivity index (χ1n) is 5.82. The first-order chi connectivity index (χ1) is 9.11. The van der Waals surface area contributed by atoms with Crippen molar-refractivity contribution in [2.24, 2.45) is 5.73 Å². The molecule has 0 bridgehead atoms. The van der Waals surface area contributed by atoms with Crippen molar-refractivity contribution in [3.05, 3.63) is 47.9 Å². The van der Waals surface area contributed by atoms with Crippen LogP contribution in [0.25, 0.3) is 0 Å². The van der Waals surface area contributed by atoms with Crippen molar-refractivity contribution in [2.75, 3.05) is 19.1 Å². The monoisotopic (exact) mass is 276 g/mol. The summed E-state index contributed by atoms with van der Waals surface area (Å²) in [5, 5.41) is 0. The number of nitrogens with two attached hydrogens (primary N) is 1. The lowest BCUT2D eigenvalue weighted by Crippen LogP contribution is -2.21. The van der Waals surface area contributed by atoms with Crippen LogP contribution >= 0.6 is 12.2 Å². The van der Waals surface area contributed by atoms with Gasteiger partial charge in [0, 0.05) is 30.8 Å². The molecule has 2 aromatic rings. The van der Waals surface area contributed by atoms with Gasteiger partial charge in [0.05, 0.1) is 25.3 Å². The second kappa shape index (κ2) is 5.75. The van der Waals surface area contributed by atoms with Gasteiger partial charge in [-0.3, -0.25) is 0 Å². The molecule has 2 N–H and O–H groups in total. The van der Waals surface area contributed by atoms with Crippen LogP contribution in [-0.4, -0.2) is 19.1 Å².